The number of anilines is 1. The van der Waals surface area contributed by atoms with Gasteiger partial charge in [-0.3, -0.25) is 19.3 Å². The summed E-state index contributed by atoms with van der Waals surface area (Å²) in [5.41, 5.74) is 1.45. The lowest BCUT2D eigenvalue weighted by Gasteiger charge is -2.24. The van der Waals surface area contributed by atoms with Crippen molar-refractivity contribution in [1.29, 1.82) is 5.26 Å². The highest BCUT2D eigenvalue weighted by Crippen LogP contribution is 2.37. The number of likely N-dealkylation sites (tertiary alicyclic amines) is 1. The molecule has 27 heavy (non-hydrogen) atoms. The lowest BCUT2D eigenvalue weighted by Crippen LogP contribution is -2.30. The van der Waals surface area contributed by atoms with E-state index in [4.69, 9.17) is 5.26 Å². The van der Waals surface area contributed by atoms with Gasteiger partial charge in [0.05, 0.1) is 29.9 Å². The molecule has 0 aliphatic carbocycles. The number of amides is 2. The van der Waals surface area contributed by atoms with Gasteiger partial charge in [0.1, 0.15) is 0 Å². The van der Waals surface area contributed by atoms with Crippen molar-refractivity contribution in [1.82, 2.24) is 19.7 Å². The number of hydrogen-bond donors (Lipinski definition) is 1. The summed E-state index contributed by atoms with van der Waals surface area (Å²) in [6, 6.07) is 5.48. The number of unbranched alkanes of at least 4 members (excludes halogenated alkanes) is 2. The van der Waals surface area contributed by atoms with E-state index in [1.165, 1.54) is 0 Å². The third kappa shape index (κ3) is 4.31. The molecule has 0 spiro atoms. The zero-order valence-corrected chi connectivity index (χ0v) is 15.2. The molecule has 140 valence electrons. The van der Waals surface area contributed by atoms with Crippen molar-refractivity contribution in [3.8, 4) is 6.07 Å². The number of hydrogen-bond acceptors (Lipinski definition) is 5. The van der Waals surface area contributed by atoms with Crippen LogP contribution in [0.15, 0.2) is 36.9 Å². The van der Waals surface area contributed by atoms with E-state index in [2.05, 4.69) is 21.5 Å². The second kappa shape index (κ2) is 8.45. The van der Waals surface area contributed by atoms with Crippen LogP contribution in [-0.2, 0) is 16.1 Å². The van der Waals surface area contributed by atoms with Crippen molar-refractivity contribution in [3.63, 3.8) is 0 Å². The molecule has 0 unspecified atom stereocenters. The lowest BCUT2D eigenvalue weighted by atomic mass is 9.94. The largest absolute Gasteiger partial charge is 0.338 e. The number of nitrogens with zero attached hydrogens (tertiary/aromatic N) is 5. The minimum Gasteiger partial charge on any atom is -0.338 e. The summed E-state index contributed by atoms with van der Waals surface area (Å²) in [7, 11) is 1.71. The molecule has 3 heterocycles. The molecule has 8 nitrogen and oxygen atoms in total. The molecule has 1 fully saturated rings. The molecular weight excluding hydrogens is 344 g/mol. The summed E-state index contributed by atoms with van der Waals surface area (Å²) in [4.78, 5) is 30.7. The van der Waals surface area contributed by atoms with Crippen LogP contribution in [0.3, 0.4) is 0 Å². The van der Waals surface area contributed by atoms with Gasteiger partial charge in [0.15, 0.2) is 0 Å². The molecular formula is C19H22N6O2. The first kappa shape index (κ1) is 18.6. The Hall–Kier alpha value is -3.21. The molecule has 0 saturated carbocycles. The van der Waals surface area contributed by atoms with E-state index in [9.17, 15) is 9.59 Å². The Labute approximate surface area is 157 Å². The van der Waals surface area contributed by atoms with Gasteiger partial charge in [0.2, 0.25) is 11.8 Å². The van der Waals surface area contributed by atoms with Crippen molar-refractivity contribution in [3.05, 3.63) is 42.5 Å². The summed E-state index contributed by atoms with van der Waals surface area (Å²) in [5, 5.41) is 15.7. The fraction of sp³-hybridized carbons (Fsp3) is 0.421. The predicted molar refractivity (Wildman–Crippen MR) is 98.2 cm³/mol. The average molecular weight is 366 g/mol. The minimum atomic E-state index is -0.481. The smallest absolute Gasteiger partial charge is 0.230 e. The zero-order valence-electron chi connectivity index (χ0n) is 15.2. The van der Waals surface area contributed by atoms with Crippen LogP contribution >= 0.6 is 0 Å². The first-order chi connectivity index (χ1) is 13.1. The van der Waals surface area contributed by atoms with Crippen LogP contribution in [0, 0.1) is 17.2 Å². The average Bonchev–Trinajstić information content (AvgIpc) is 3.24. The van der Waals surface area contributed by atoms with Gasteiger partial charge in [-0.1, -0.05) is 6.07 Å². The molecule has 2 atom stereocenters. The minimum absolute atomic E-state index is 0.0582. The van der Waals surface area contributed by atoms with E-state index in [0.717, 1.165) is 18.4 Å². The van der Waals surface area contributed by atoms with Crippen LogP contribution < -0.4 is 5.32 Å². The van der Waals surface area contributed by atoms with Crippen molar-refractivity contribution in [2.24, 2.45) is 5.92 Å². The molecule has 1 aliphatic heterocycles. The second-order valence-electron chi connectivity index (χ2n) is 6.64. The van der Waals surface area contributed by atoms with E-state index in [-0.39, 0.29) is 24.3 Å². The number of nitriles is 1. The van der Waals surface area contributed by atoms with E-state index >= 15 is 0 Å². The summed E-state index contributed by atoms with van der Waals surface area (Å²) >= 11 is 0. The van der Waals surface area contributed by atoms with Crippen LogP contribution in [0.2, 0.25) is 0 Å². The summed E-state index contributed by atoms with van der Waals surface area (Å²) in [6.45, 7) is 0.695. The Morgan fingerprint density at radius 2 is 2.26 bits per heavy atom. The highest BCUT2D eigenvalue weighted by atomic mass is 16.2. The first-order valence-corrected chi connectivity index (χ1v) is 8.96. The summed E-state index contributed by atoms with van der Waals surface area (Å²) in [5.74, 6) is -0.742. The Kier molecular flexibility index (Phi) is 5.81. The molecule has 0 bridgehead atoms. The van der Waals surface area contributed by atoms with E-state index in [1.54, 1.807) is 47.5 Å². The molecule has 2 aromatic rings. The Morgan fingerprint density at radius 3 is 3.00 bits per heavy atom. The van der Waals surface area contributed by atoms with Crippen LogP contribution in [0.25, 0.3) is 0 Å². The molecule has 2 aromatic heterocycles. The van der Waals surface area contributed by atoms with E-state index in [1.807, 2.05) is 6.07 Å². The molecule has 3 rings (SSSR count). The van der Waals surface area contributed by atoms with Gasteiger partial charge in [-0.25, -0.2) is 0 Å². The highest BCUT2D eigenvalue weighted by Gasteiger charge is 2.42. The highest BCUT2D eigenvalue weighted by molar-refractivity contribution is 5.97. The standard InChI is InChI=1S/C19H22N6O2/c1-24-17(26)10-16(18(24)14-6-5-8-21-11-14)19(27)23-15-12-22-25(13-15)9-4-2-3-7-20/h5-6,8,11-13,16,18H,2-4,9-10H2,1H3,(H,23,27)/t16-,18+/m1/s1. The summed E-state index contributed by atoms with van der Waals surface area (Å²) < 4.78 is 1.75. The number of rotatable bonds is 7. The SMILES string of the molecule is CN1C(=O)C[C@@H](C(=O)Nc2cnn(CCCCC#N)c2)[C@@H]1c1cccnc1. The Morgan fingerprint density at radius 1 is 1.41 bits per heavy atom. The Bertz CT molecular complexity index is 841. The number of aromatic nitrogens is 3. The Balaban J connectivity index is 1.65. The molecule has 1 saturated heterocycles. The number of carbonyl (C=O) groups excluding carboxylic acids is 2. The lowest BCUT2D eigenvalue weighted by molar-refractivity contribution is -0.127. The molecule has 0 radical (unpaired) electrons. The third-order valence-corrected chi connectivity index (χ3v) is 4.78. The third-order valence-electron chi connectivity index (χ3n) is 4.78. The quantitative estimate of drug-likeness (QED) is 0.756. The van der Waals surface area contributed by atoms with Crippen molar-refractivity contribution >= 4 is 17.5 Å². The normalized spacial score (nSPS) is 19.1. The van der Waals surface area contributed by atoms with Crippen molar-refractivity contribution < 1.29 is 9.59 Å². The molecule has 0 aromatic carbocycles. The van der Waals surface area contributed by atoms with Gasteiger partial charge in [-0.05, 0) is 24.5 Å². The zero-order chi connectivity index (χ0) is 19.2. The van der Waals surface area contributed by atoms with Gasteiger partial charge in [0, 0.05) is 45.0 Å². The number of aryl methyl sites for hydroxylation is 1. The molecule has 8 heteroatoms. The number of pyridine rings is 1. The number of carbonyl (C=O) groups is 2. The van der Waals surface area contributed by atoms with Gasteiger partial charge in [-0.2, -0.15) is 10.4 Å². The van der Waals surface area contributed by atoms with E-state index < -0.39 is 5.92 Å². The maximum Gasteiger partial charge on any atom is 0.230 e. The molecule has 1 aliphatic rings. The molecule has 2 amide bonds. The monoisotopic (exact) mass is 366 g/mol. The van der Waals surface area contributed by atoms with Crippen LogP contribution in [-0.4, -0.2) is 38.5 Å². The predicted octanol–water partition coefficient (Wildman–Crippen LogP) is 2.13. The van der Waals surface area contributed by atoms with Gasteiger partial charge >= 0.3 is 0 Å². The van der Waals surface area contributed by atoms with Crippen molar-refractivity contribution in [2.75, 3.05) is 12.4 Å². The van der Waals surface area contributed by atoms with Crippen LogP contribution in [0.1, 0.15) is 37.3 Å². The van der Waals surface area contributed by atoms with Crippen LogP contribution in [0.5, 0.6) is 0 Å². The maximum atomic E-state index is 12.8. The number of nitrogens with one attached hydrogen (secondary N) is 1. The van der Waals surface area contributed by atoms with Crippen LogP contribution in [0.4, 0.5) is 5.69 Å². The van der Waals surface area contributed by atoms with Gasteiger partial charge in [0.25, 0.3) is 0 Å². The maximum absolute atomic E-state index is 12.8. The topological polar surface area (TPSA) is 104 Å². The van der Waals surface area contributed by atoms with Crippen molar-refractivity contribution in [2.45, 2.75) is 38.3 Å². The molecule has 1 N–H and O–H groups in total. The van der Waals surface area contributed by atoms with Gasteiger partial charge < -0.3 is 10.2 Å². The fourth-order valence-corrected chi connectivity index (χ4v) is 3.37. The summed E-state index contributed by atoms with van der Waals surface area (Å²) in [6.07, 6.45) is 9.11. The second-order valence-corrected chi connectivity index (χ2v) is 6.64. The first-order valence-electron chi connectivity index (χ1n) is 8.96. The van der Waals surface area contributed by atoms with Gasteiger partial charge in [-0.15, -0.1) is 0 Å². The van der Waals surface area contributed by atoms with E-state index in [0.29, 0.717) is 18.7 Å². The fourth-order valence-electron chi connectivity index (χ4n) is 3.37.